The summed E-state index contributed by atoms with van der Waals surface area (Å²) < 4.78 is 0. The van der Waals surface area contributed by atoms with Crippen molar-refractivity contribution in [3.05, 3.63) is 65.5 Å². The summed E-state index contributed by atoms with van der Waals surface area (Å²) in [6.07, 6.45) is 2.38. The Kier molecular flexibility index (Phi) is 5.46. The van der Waals surface area contributed by atoms with E-state index < -0.39 is 0 Å². The lowest BCUT2D eigenvalue weighted by atomic mass is 10.0. The van der Waals surface area contributed by atoms with Crippen molar-refractivity contribution in [3.8, 4) is 0 Å². The summed E-state index contributed by atoms with van der Waals surface area (Å²) in [5, 5.41) is 12.3. The summed E-state index contributed by atoms with van der Waals surface area (Å²) in [5.41, 5.74) is 2.61. The van der Waals surface area contributed by atoms with Crippen molar-refractivity contribution in [3.63, 3.8) is 0 Å². The van der Waals surface area contributed by atoms with E-state index in [0.29, 0.717) is 18.5 Å². The highest BCUT2D eigenvalue weighted by atomic mass is 16.3. The van der Waals surface area contributed by atoms with Crippen molar-refractivity contribution in [2.75, 3.05) is 13.2 Å². The molecule has 0 aliphatic heterocycles. The minimum Gasteiger partial charge on any atom is -0.396 e. The summed E-state index contributed by atoms with van der Waals surface area (Å²) in [4.78, 5) is 16.3. The third-order valence-electron chi connectivity index (χ3n) is 3.31. The van der Waals surface area contributed by atoms with Gasteiger partial charge in [0.05, 0.1) is 0 Å². The lowest BCUT2D eigenvalue weighted by molar-refractivity contribution is 0.0939. The van der Waals surface area contributed by atoms with Crippen molar-refractivity contribution in [1.29, 1.82) is 0 Å². The van der Waals surface area contributed by atoms with E-state index in [1.807, 2.05) is 43.3 Å². The van der Waals surface area contributed by atoms with Gasteiger partial charge >= 0.3 is 0 Å². The van der Waals surface area contributed by atoms with Gasteiger partial charge in [-0.25, -0.2) is 0 Å². The number of pyridine rings is 1. The molecule has 21 heavy (non-hydrogen) atoms. The fourth-order valence-corrected chi connectivity index (χ4v) is 2.14. The number of hydrogen-bond acceptors (Lipinski definition) is 3. The summed E-state index contributed by atoms with van der Waals surface area (Å²) in [7, 11) is 0. The number of aliphatic hydroxyl groups is 1. The molecule has 2 N–H and O–H groups in total. The standard InChI is InChI=1S/C17H20N2O2/c1-13-5-4-6-15(9-13)17(21)19-11-14(12-20)10-16-7-2-3-8-18-16/h2-9,14,20H,10-12H2,1H3,(H,19,21). The van der Waals surface area contributed by atoms with E-state index in [2.05, 4.69) is 10.3 Å². The zero-order valence-electron chi connectivity index (χ0n) is 12.1. The average molecular weight is 284 g/mol. The number of nitrogens with zero attached hydrogens (tertiary/aromatic N) is 1. The second-order valence-electron chi connectivity index (χ2n) is 5.15. The molecule has 0 bridgehead atoms. The van der Waals surface area contributed by atoms with E-state index in [-0.39, 0.29) is 18.4 Å². The summed E-state index contributed by atoms with van der Waals surface area (Å²) >= 11 is 0. The topological polar surface area (TPSA) is 62.2 Å². The van der Waals surface area contributed by atoms with Crippen LogP contribution in [0, 0.1) is 12.8 Å². The molecule has 0 aliphatic carbocycles. The number of carbonyl (C=O) groups excluding carboxylic acids is 1. The SMILES string of the molecule is Cc1cccc(C(=O)NCC(CO)Cc2ccccn2)c1. The monoisotopic (exact) mass is 284 g/mol. The molecule has 1 aromatic carbocycles. The van der Waals surface area contributed by atoms with Crippen LogP contribution in [-0.4, -0.2) is 29.1 Å². The lowest BCUT2D eigenvalue weighted by Gasteiger charge is -2.14. The Hall–Kier alpha value is -2.20. The van der Waals surface area contributed by atoms with Crippen LogP contribution in [0.4, 0.5) is 0 Å². The van der Waals surface area contributed by atoms with Crippen molar-refractivity contribution in [1.82, 2.24) is 10.3 Å². The molecule has 0 fully saturated rings. The zero-order valence-corrected chi connectivity index (χ0v) is 12.1. The van der Waals surface area contributed by atoms with Gasteiger partial charge in [-0.15, -0.1) is 0 Å². The summed E-state index contributed by atoms with van der Waals surface area (Å²) in [5.74, 6) is -0.146. The van der Waals surface area contributed by atoms with Gasteiger partial charge in [-0.05, 0) is 37.6 Å². The molecule has 1 amide bonds. The fraction of sp³-hybridized carbons (Fsp3) is 0.294. The van der Waals surface area contributed by atoms with Gasteiger partial charge in [0.1, 0.15) is 0 Å². The maximum Gasteiger partial charge on any atom is 0.251 e. The largest absolute Gasteiger partial charge is 0.396 e. The number of aryl methyl sites for hydroxylation is 1. The Balaban J connectivity index is 1.89. The van der Waals surface area contributed by atoms with Gasteiger partial charge in [0.25, 0.3) is 5.91 Å². The van der Waals surface area contributed by atoms with Crippen molar-refractivity contribution < 1.29 is 9.90 Å². The molecule has 1 heterocycles. The van der Waals surface area contributed by atoms with E-state index in [0.717, 1.165) is 11.3 Å². The predicted molar refractivity (Wildman–Crippen MR) is 82.0 cm³/mol. The Bertz CT molecular complexity index is 584. The van der Waals surface area contributed by atoms with Gasteiger partial charge in [-0.3, -0.25) is 9.78 Å². The van der Waals surface area contributed by atoms with Crippen LogP contribution < -0.4 is 5.32 Å². The highest BCUT2D eigenvalue weighted by Crippen LogP contribution is 2.07. The minimum absolute atomic E-state index is 0.0185. The van der Waals surface area contributed by atoms with Crippen LogP contribution in [0.5, 0.6) is 0 Å². The van der Waals surface area contributed by atoms with E-state index in [4.69, 9.17) is 0 Å². The number of aromatic nitrogens is 1. The Morgan fingerprint density at radius 1 is 1.29 bits per heavy atom. The van der Waals surface area contributed by atoms with Crippen molar-refractivity contribution >= 4 is 5.91 Å². The molecule has 110 valence electrons. The number of aliphatic hydroxyl groups excluding tert-OH is 1. The van der Waals surface area contributed by atoms with Gasteiger partial charge < -0.3 is 10.4 Å². The van der Waals surface area contributed by atoms with E-state index in [1.54, 1.807) is 12.3 Å². The Morgan fingerprint density at radius 3 is 2.81 bits per heavy atom. The van der Waals surface area contributed by atoms with Crippen LogP contribution in [0.25, 0.3) is 0 Å². The smallest absolute Gasteiger partial charge is 0.251 e. The first-order chi connectivity index (χ1) is 10.2. The number of rotatable bonds is 6. The van der Waals surface area contributed by atoms with Gasteiger partial charge in [0.15, 0.2) is 0 Å². The Labute approximate surface area is 124 Å². The molecule has 1 atom stereocenters. The number of hydrogen-bond donors (Lipinski definition) is 2. The molecule has 0 radical (unpaired) electrons. The quantitative estimate of drug-likeness (QED) is 0.852. The predicted octanol–water partition coefficient (Wildman–Crippen LogP) is 1.97. The Morgan fingerprint density at radius 2 is 2.14 bits per heavy atom. The van der Waals surface area contributed by atoms with Crippen LogP contribution >= 0.6 is 0 Å². The molecule has 0 saturated carbocycles. The van der Waals surface area contributed by atoms with Gasteiger partial charge in [-0.1, -0.05) is 23.8 Å². The van der Waals surface area contributed by atoms with Crippen LogP contribution in [0.15, 0.2) is 48.7 Å². The molecule has 2 aromatic rings. The first kappa shape index (κ1) is 15.2. The van der Waals surface area contributed by atoms with Gasteiger partial charge in [-0.2, -0.15) is 0 Å². The van der Waals surface area contributed by atoms with Crippen molar-refractivity contribution in [2.24, 2.45) is 5.92 Å². The van der Waals surface area contributed by atoms with Crippen LogP contribution in [0.3, 0.4) is 0 Å². The molecule has 1 unspecified atom stereocenters. The van der Waals surface area contributed by atoms with Crippen LogP contribution in [0.1, 0.15) is 21.6 Å². The minimum atomic E-state index is -0.113. The highest BCUT2D eigenvalue weighted by molar-refractivity contribution is 5.94. The molecule has 4 heteroatoms. The summed E-state index contributed by atoms with van der Waals surface area (Å²) in [6, 6.07) is 13.2. The van der Waals surface area contributed by atoms with Gasteiger partial charge in [0, 0.05) is 36.5 Å². The number of carbonyl (C=O) groups is 1. The molecular formula is C17H20N2O2. The van der Waals surface area contributed by atoms with Crippen LogP contribution in [0.2, 0.25) is 0 Å². The third kappa shape index (κ3) is 4.68. The van der Waals surface area contributed by atoms with Gasteiger partial charge in [0.2, 0.25) is 0 Å². The first-order valence-electron chi connectivity index (χ1n) is 7.04. The molecule has 2 rings (SSSR count). The molecule has 4 nitrogen and oxygen atoms in total. The first-order valence-corrected chi connectivity index (χ1v) is 7.04. The molecule has 0 aliphatic rings. The van der Waals surface area contributed by atoms with E-state index in [1.165, 1.54) is 0 Å². The van der Waals surface area contributed by atoms with E-state index in [9.17, 15) is 9.90 Å². The average Bonchev–Trinajstić information content (AvgIpc) is 2.52. The van der Waals surface area contributed by atoms with E-state index >= 15 is 0 Å². The maximum atomic E-state index is 12.1. The third-order valence-corrected chi connectivity index (χ3v) is 3.31. The fourth-order valence-electron chi connectivity index (χ4n) is 2.14. The van der Waals surface area contributed by atoms with Crippen LogP contribution in [-0.2, 0) is 6.42 Å². The normalized spacial score (nSPS) is 11.9. The zero-order chi connectivity index (χ0) is 15.1. The second-order valence-corrected chi connectivity index (χ2v) is 5.15. The molecule has 1 aromatic heterocycles. The maximum absolute atomic E-state index is 12.1. The molecular weight excluding hydrogens is 264 g/mol. The molecule has 0 saturated heterocycles. The second kappa shape index (κ2) is 7.55. The summed E-state index contributed by atoms with van der Waals surface area (Å²) in [6.45, 7) is 2.40. The number of nitrogens with one attached hydrogen (secondary N) is 1. The lowest BCUT2D eigenvalue weighted by Crippen LogP contribution is -2.32. The highest BCUT2D eigenvalue weighted by Gasteiger charge is 2.12. The van der Waals surface area contributed by atoms with Crippen molar-refractivity contribution in [2.45, 2.75) is 13.3 Å². The number of amides is 1. The molecule has 0 spiro atoms. The number of benzene rings is 1.